The predicted molar refractivity (Wildman–Crippen MR) is 89.1 cm³/mol. The van der Waals surface area contributed by atoms with Crippen LogP contribution < -0.4 is 5.73 Å². The van der Waals surface area contributed by atoms with Gasteiger partial charge in [-0.2, -0.15) is 0 Å². The van der Waals surface area contributed by atoms with Crippen LogP contribution in [-0.4, -0.2) is 51.8 Å². The van der Waals surface area contributed by atoms with Crippen LogP contribution in [0.5, 0.6) is 0 Å². The third-order valence-electron chi connectivity index (χ3n) is 3.35. The Morgan fingerprint density at radius 2 is 1.91 bits per heavy atom. The molecule has 0 bridgehead atoms. The molecule has 0 unspecified atom stereocenters. The van der Waals surface area contributed by atoms with Gasteiger partial charge >= 0.3 is 5.97 Å². The van der Waals surface area contributed by atoms with Crippen LogP contribution in [0.3, 0.4) is 0 Å². The van der Waals surface area contributed by atoms with Gasteiger partial charge in [-0.15, -0.1) is 23.2 Å². The molecule has 1 atom stereocenters. The maximum Gasteiger partial charge on any atom is 0.320 e. The molecular formula is C14H19Cl2N3O4. The van der Waals surface area contributed by atoms with Gasteiger partial charge in [0.1, 0.15) is 6.04 Å². The zero-order chi connectivity index (χ0) is 17.4. The average Bonchev–Trinajstić information content (AvgIpc) is 2.49. The number of carboxylic acid groups (broad SMARTS) is 1. The van der Waals surface area contributed by atoms with Gasteiger partial charge in [0.2, 0.25) is 0 Å². The molecule has 128 valence electrons. The summed E-state index contributed by atoms with van der Waals surface area (Å²) in [5.74, 6) is -0.303. The first-order valence-corrected chi connectivity index (χ1v) is 8.04. The summed E-state index contributed by atoms with van der Waals surface area (Å²) in [5.41, 5.74) is 6.80. The summed E-state index contributed by atoms with van der Waals surface area (Å²) in [7, 11) is 0. The number of carboxylic acids is 1. The van der Waals surface area contributed by atoms with Gasteiger partial charge in [0, 0.05) is 43.5 Å². The molecule has 3 N–H and O–H groups in total. The monoisotopic (exact) mass is 363 g/mol. The first-order chi connectivity index (χ1) is 10.9. The van der Waals surface area contributed by atoms with Gasteiger partial charge in [-0.25, -0.2) is 0 Å². The Bertz CT molecular complexity index is 551. The molecule has 1 aromatic rings. The maximum absolute atomic E-state index is 11.0. The first-order valence-electron chi connectivity index (χ1n) is 6.98. The van der Waals surface area contributed by atoms with Crippen molar-refractivity contribution in [2.75, 3.05) is 24.8 Å². The molecule has 0 radical (unpaired) electrons. The summed E-state index contributed by atoms with van der Waals surface area (Å²) in [5, 5.41) is 19.9. The number of halogens is 2. The van der Waals surface area contributed by atoms with Crippen LogP contribution in [0.2, 0.25) is 0 Å². The van der Waals surface area contributed by atoms with E-state index in [4.69, 9.17) is 34.0 Å². The Balaban J connectivity index is 3.07. The minimum atomic E-state index is -1.15. The Hall–Kier alpha value is -1.41. The number of hydrogen-bond donors (Lipinski definition) is 2. The second-order valence-corrected chi connectivity index (χ2v) is 5.77. The van der Waals surface area contributed by atoms with E-state index in [1.54, 1.807) is 6.07 Å². The molecule has 0 aromatic heterocycles. The summed E-state index contributed by atoms with van der Waals surface area (Å²) in [6.07, 6.45) is 0.0158. The standard InChI is InChI=1S/C14H19Cl2N3O4/c15-3-5-18(6-4-16)9-10-1-2-12(19(22)23)7-11(10)8-13(17)14(20)21/h1-2,7,13H,3-6,8-9,17H2,(H,20,21)/t13-/m1/s1. The van der Waals surface area contributed by atoms with Crippen molar-refractivity contribution in [3.8, 4) is 0 Å². The van der Waals surface area contributed by atoms with E-state index < -0.39 is 16.9 Å². The number of alkyl halides is 2. The van der Waals surface area contributed by atoms with Crippen molar-refractivity contribution >= 4 is 34.9 Å². The van der Waals surface area contributed by atoms with Crippen LogP contribution in [0.4, 0.5) is 5.69 Å². The molecule has 0 aliphatic heterocycles. The largest absolute Gasteiger partial charge is 0.480 e. The molecular weight excluding hydrogens is 345 g/mol. The molecule has 23 heavy (non-hydrogen) atoms. The quantitative estimate of drug-likeness (QED) is 0.372. The average molecular weight is 364 g/mol. The van der Waals surface area contributed by atoms with Crippen molar-refractivity contribution in [2.45, 2.75) is 19.0 Å². The van der Waals surface area contributed by atoms with Crippen LogP contribution in [0, 0.1) is 10.1 Å². The van der Waals surface area contributed by atoms with E-state index in [1.165, 1.54) is 12.1 Å². The van der Waals surface area contributed by atoms with Gasteiger partial charge in [-0.05, 0) is 17.5 Å². The van der Waals surface area contributed by atoms with Gasteiger partial charge in [0.25, 0.3) is 5.69 Å². The normalized spacial score (nSPS) is 12.3. The third-order valence-corrected chi connectivity index (χ3v) is 3.69. The zero-order valence-corrected chi connectivity index (χ0v) is 14.0. The third kappa shape index (κ3) is 6.31. The van der Waals surface area contributed by atoms with Crippen LogP contribution in [0.15, 0.2) is 18.2 Å². The van der Waals surface area contributed by atoms with Crippen LogP contribution in [-0.2, 0) is 17.8 Å². The zero-order valence-electron chi connectivity index (χ0n) is 12.5. The highest BCUT2D eigenvalue weighted by Crippen LogP contribution is 2.21. The van der Waals surface area contributed by atoms with Gasteiger partial charge in [-0.3, -0.25) is 19.8 Å². The number of non-ortho nitro benzene ring substituents is 1. The van der Waals surface area contributed by atoms with Crippen LogP contribution in [0.25, 0.3) is 0 Å². The van der Waals surface area contributed by atoms with E-state index in [1.807, 2.05) is 4.90 Å². The Morgan fingerprint density at radius 1 is 1.30 bits per heavy atom. The number of aliphatic carboxylic acids is 1. The number of hydrogen-bond acceptors (Lipinski definition) is 5. The lowest BCUT2D eigenvalue weighted by molar-refractivity contribution is -0.384. The number of carbonyl (C=O) groups is 1. The van der Waals surface area contributed by atoms with Crippen molar-refractivity contribution in [2.24, 2.45) is 5.73 Å². The highest BCUT2D eigenvalue weighted by atomic mass is 35.5. The summed E-state index contributed by atoms with van der Waals surface area (Å²) in [6, 6.07) is 3.27. The van der Waals surface area contributed by atoms with E-state index in [0.29, 0.717) is 37.0 Å². The smallest absolute Gasteiger partial charge is 0.320 e. The highest BCUT2D eigenvalue weighted by molar-refractivity contribution is 6.18. The van der Waals surface area contributed by atoms with E-state index in [-0.39, 0.29) is 12.1 Å². The summed E-state index contributed by atoms with van der Waals surface area (Å²) >= 11 is 11.5. The SMILES string of the molecule is N[C@H](Cc1cc([N+](=O)[O-])ccc1CN(CCCl)CCCl)C(=O)O. The van der Waals surface area contributed by atoms with E-state index in [0.717, 1.165) is 5.56 Å². The van der Waals surface area contributed by atoms with E-state index >= 15 is 0 Å². The van der Waals surface area contributed by atoms with Crippen molar-refractivity contribution in [3.63, 3.8) is 0 Å². The van der Waals surface area contributed by atoms with E-state index in [9.17, 15) is 14.9 Å². The van der Waals surface area contributed by atoms with Gasteiger partial charge in [0.05, 0.1) is 4.92 Å². The summed E-state index contributed by atoms with van der Waals surface area (Å²) in [6.45, 7) is 1.69. The number of benzene rings is 1. The number of rotatable bonds is 10. The van der Waals surface area contributed by atoms with Gasteiger partial charge in [0.15, 0.2) is 0 Å². The number of nitro groups is 1. The minimum absolute atomic E-state index is 0.0158. The van der Waals surface area contributed by atoms with Gasteiger partial charge < -0.3 is 10.8 Å². The molecule has 9 heteroatoms. The molecule has 0 aliphatic carbocycles. The van der Waals surface area contributed by atoms with Crippen molar-refractivity contribution in [1.82, 2.24) is 4.90 Å². The fraction of sp³-hybridized carbons (Fsp3) is 0.500. The molecule has 0 amide bonds. The summed E-state index contributed by atoms with van der Waals surface area (Å²) < 4.78 is 0. The number of nitrogens with zero attached hydrogens (tertiary/aromatic N) is 2. The van der Waals surface area contributed by atoms with Crippen LogP contribution >= 0.6 is 23.2 Å². The second-order valence-electron chi connectivity index (χ2n) is 5.01. The number of nitrogens with two attached hydrogens (primary N) is 1. The predicted octanol–water partition coefficient (Wildman–Crippen LogP) is 1.83. The molecule has 0 saturated carbocycles. The van der Waals surface area contributed by atoms with Crippen LogP contribution in [0.1, 0.15) is 11.1 Å². The van der Waals surface area contributed by atoms with Gasteiger partial charge in [-0.1, -0.05) is 6.07 Å². The number of nitro benzene ring substituents is 1. The molecule has 0 saturated heterocycles. The summed E-state index contributed by atoms with van der Waals surface area (Å²) in [4.78, 5) is 23.4. The second kappa shape index (κ2) is 9.67. The molecule has 0 fully saturated rings. The van der Waals surface area contributed by atoms with Crippen molar-refractivity contribution in [1.29, 1.82) is 0 Å². The molecule has 0 aliphatic rings. The Labute approximate surface area is 144 Å². The molecule has 1 rings (SSSR count). The molecule has 1 aromatic carbocycles. The maximum atomic E-state index is 11.0. The Kier molecular flexibility index (Phi) is 8.25. The topological polar surface area (TPSA) is 110 Å². The molecule has 0 heterocycles. The van der Waals surface area contributed by atoms with E-state index in [2.05, 4.69) is 0 Å². The lowest BCUT2D eigenvalue weighted by atomic mass is 9.99. The minimum Gasteiger partial charge on any atom is -0.480 e. The molecule has 7 nitrogen and oxygen atoms in total. The van der Waals surface area contributed by atoms with Crippen molar-refractivity contribution < 1.29 is 14.8 Å². The fourth-order valence-corrected chi connectivity index (χ4v) is 2.62. The molecule has 0 spiro atoms. The lowest BCUT2D eigenvalue weighted by Gasteiger charge is -2.22. The van der Waals surface area contributed by atoms with Crippen molar-refractivity contribution in [3.05, 3.63) is 39.4 Å². The lowest BCUT2D eigenvalue weighted by Crippen LogP contribution is -2.33. The highest BCUT2D eigenvalue weighted by Gasteiger charge is 2.18. The fourth-order valence-electron chi connectivity index (χ4n) is 2.14. The first kappa shape index (κ1) is 19.6. The Morgan fingerprint density at radius 3 is 2.39 bits per heavy atom.